The van der Waals surface area contributed by atoms with Crippen LogP contribution < -0.4 is 0 Å². The van der Waals surface area contributed by atoms with Crippen molar-refractivity contribution in [2.75, 3.05) is 20.3 Å². The van der Waals surface area contributed by atoms with Crippen LogP contribution in [0.4, 0.5) is 0 Å². The Labute approximate surface area is 56.2 Å². The van der Waals surface area contributed by atoms with E-state index >= 15 is 0 Å². The van der Waals surface area contributed by atoms with Gasteiger partial charge in [0.2, 0.25) is 0 Å². The summed E-state index contributed by atoms with van der Waals surface area (Å²) in [6, 6.07) is 0. The van der Waals surface area contributed by atoms with Crippen LogP contribution in [0.15, 0.2) is 0 Å². The number of rotatable bonds is 1. The molecule has 1 saturated heterocycles. The van der Waals surface area contributed by atoms with E-state index in [1.807, 2.05) is 0 Å². The molecule has 9 heavy (non-hydrogen) atoms. The molecule has 1 heterocycles. The minimum atomic E-state index is 0.332. The Balaban J connectivity index is 2.30. The third-order valence-electron chi connectivity index (χ3n) is 1.94. The van der Waals surface area contributed by atoms with Crippen molar-refractivity contribution >= 4 is 0 Å². The van der Waals surface area contributed by atoms with Crippen LogP contribution in [0.3, 0.4) is 0 Å². The quantitative estimate of drug-likeness (QED) is 0.528. The van der Waals surface area contributed by atoms with Crippen molar-refractivity contribution in [3.63, 3.8) is 0 Å². The summed E-state index contributed by atoms with van der Waals surface area (Å²) in [7, 11) is 1.75. The molecule has 1 rings (SSSR count). The first-order valence-corrected chi connectivity index (χ1v) is 3.45. The van der Waals surface area contributed by atoms with Crippen LogP contribution >= 0.6 is 0 Å². The molecule has 1 aliphatic heterocycles. The van der Waals surface area contributed by atoms with Crippen molar-refractivity contribution in [3.8, 4) is 0 Å². The van der Waals surface area contributed by atoms with Gasteiger partial charge in [-0.15, -0.1) is 0 Å². The second-order valence-electron chi connectivity index (χ2n) is 2.62. The van der Waals surface area contributed by atoms with E-state index in [1.54, 1.807) is 7.11 Å². The summed E-state index contributed by atoms with van der Waals surface area (Å²) in [5.74, 6) is 0.670. The summed E-state index contributed by atoms with van der Waals surface area (Å²) in [5, 5.41) is 0. The zero-order valence-electron chi connectivity index (χ0n) is 6.09. The lowest BCUT2D eigenvalue weighted by molar-refractivity contribution is -0.0600. The minimum absolute atomic E-state index is 0.332. The van der Waals surface area contributed by atoms with Gasteiger partial charge in [0.15, 0.2) is 0 Å². The topological polar surface area (TPSA) is 18.5 Å². The maximum atomic E-state index is 5.22. The molecule has 0 radical (unpaired) electrons. The SMILES string of the molecule is CO[C@H]1COCC[C@@H]1C. The molecule has 1 fully saturated rings. The molecule has 0 aromatic heterocycles. The molecule has 2 heteroatoms. The predicted octanol–water partition coefficient (Wildman–Crippen LogP) is 1.06. The molecule has 0 saturated carbocycles. The van der Waals surface area contributed by atoms with E-state index in [0.29, 0.717) is 12.0 Å². The molecule has 54 valence electrons. The summed E-state index contributed by atoms with van der Waals surface area (Å²) in [5.41, 5.74) is 0. The highest BCUT2D eigenvalue weighted by Crippen LogP contribution is 2.16. The Morgan fingerprint density at radius 2 is 2.33 bits per heavy atom. The Bertz CT molecular complexity index is 83.0. The van der Waals surface area contributed by atoms with Gasteiger partial charge in [-0.2, -0.15) is 0 Å². The van der Waals surface area contributed by atoms with E-state index in [2.05, 4.69) is 6.92 Å². The molecule has 0 aromatic rings. The van der Waals surface area contributed by atoms with Crippen LogP contribution in [-0.4, -0.2) is 26.4 Å². The van der Waals surface area contributed by atoms with E-state index in [9.17, 15) is 0 Å². The molecule has 0 unspecified atom stereocenters. The van der Waals surface area contributed by atoms with Crippen LogP contribution in [0.1, 0.15) is 13.3 Å². The van der Waals surface area contributed by atoms with Crippen molar-refractivity contribution in [2.45, 2.75) is 19.4 Å². The smallest absolute Gasteiger partial charge is 0.0830 e. The van der Waals surface area contributed by atoms with E-state index in [1.165, 1.54) is 0 Å². The van der Waals surface area contributed by atoms with Crippen molar-refractivity contribution in [2.24, 2.45) is 5.92 Å². The molecule has 2 atom stereocenters. The lowest BCUT2D eigenvalue weighted by atomic mass is 10.00. The fourth-order valence-electron chi connectivity index (χ4n) is 1.12. The van der Waals surface area contributed by atoms with E-state index in [-0.39, 0.29) is 0 Å². The molecule has 2 nitrogen and oxygen atoms in total. The molecule has 0 aromatic carbocycles. The Morgan fingerprint density at radius 1 is 1.56 bits per heavy atom. The van der Waals surface area contributed by atoms with Gasteiger partial charge in [0.1, 0.15) is 0 Å². The maximum absolute atomic E-state index is 5.22. The van der Waals surface area contributed by atoms with Crippen molar-refractivity contribution in [1.82, 2.24) is 0 Å². The summed E-state index contributed by atoms with van der Waals surface area (Å²) in [4.78, 5) is 0. The largest absolute Gasteiger partial charge is 0.379 e. The fraction of sp³-hybridized carbons (Fsp3) is 1.00. The summed E-state index contributed by atoms with van der Waals surface area (Å²) in [6.45, 7) is 3.88. The Kier molecular flexibility index (Phi) is 2.49. The first kappa shape index (κ1) is 7.03. The molecular weight excluding hydrogens is 116 g/mol. The number of hydrogen-bond donors (Lipinski definition) is 0. The third kappa shape index (κ3) is 1.66. The number of ether oxygens (including phenoxy) is 2. The third-order valence-corrected chi connectivity index (χ3v) is 1.94. The van der Waals surface area contributed by atoms with Gasteiger partial charge in [-0.25, -0.2) is 0 Å². The summed E-state index contributed by atoms with van der Waals surface area (Å²) < 4.78 is 10.4. The van der Waals surface area contributed by atoms with Crippen molar-refractivity contribution in [1.29, 1.82) is 0 Å². The predicted molar refractivity (Wildman–Crippen MR) is 35.4 cm³/mol. The maximum Gasteiger partial charge on any atom is 0.0830 e. The highest BCUT2D eigenvalue weighted by molar-refractivity contribution is 4.69. The Hall–Kier alpha value is -0.0800. The monoisotopic (exact) mass is 130 g/mol. The molecular formula is C7H14O2. The van der Waals surface area contributed by atoms with E-state index in [0.717, 1.165) is 19.6 Å². The van der Waals surface area contributed by atoms with Crippen LogP contribution in [0, 0.1) is 5.92 Å². The van der Waals surface area contributed by atoms with Gasteiger partial charge >= 0.3 is 0 Å². The molecule has 0 spiro atoms. The van der Waals surface area contributed by atoms with Crippen molar-refractivity contribution < 1.29 is 9.47 Å². The summed E-state index contributed by atoms with van der Waals surface area (Å²) >= 11 is 0. The zero-order chi connectivity index (χ0) is 6.69. The van der Waals surface area contributed by atoms with Gasteiger partial charge in [0.05, 0.1) is 12.7 Å². The van der Waals surface area contributed by atoms with Gasteiger partial charge < -0.3 is 9.47 Å². The van der Waals surface area contributed by atoms with E-state index < -0.39 is 0 Å². The van der Waals surface area contributed by atoms with Gasteiger partial charge in [-0.05, 0) is 12.3 Å². The molecule has 0 aliphatic carbocycles. The summed E-state index contributed by atoms with van der Waals surface area (Å²) in [6.07, 6.45) is 1.47. The van der Waals surface area contributed by atoms with Crippen molar-refractivity contribution in [3.05, 3.63) is 0 Å². The molecule has 1 aliphatic rings. The first-order valence-electron chi connectivity index (χ1n) is 3.45. The molecule has 0 amide bonds. The lowest BCUT2D eigenvalue weighted by Gasteiger charge is -2.27. The average Bonchev–Trinajstić information content (AvgIpc) is 1.89. The second kappa shape index (κ2) is 3.18. The first-order chi connectivity index (χ1) is 4.34. The molecule has 0 bridgehead atoms. The standard InChI is InChI=1S/C7H14O2/c1-6-3-4-9-5-7(6)8-2/h6-7H,3-5H2,1-2H3/t6-,7-/m0/s1. The average molecular weight is 130 g/mol. The number of hydrogen-bond acceptors (Lipinski definition) is 2. The van der Waals surface area contributed by atoms with Crippen LogP contribution in [-0.2, 0) is 9.47 Å². The van der Waals surface area contributed by atoms with Gasteiger partial charge in [-0.3, -0.25) is 0 Å². The van der Waals surface area contributed by atoms with Crippen LogP contribution in [0.2, 0.25) is 0 Å². The number of methoxy groups -OCH3 is 1. The van der Waals surface area contributed by atoms with Crippen LogP contribution in [0.25, 0.3) is 0 Å². The lowest BCUT2D eigenvalue weighted by Crippen LogP contribution is -2.31. The van der Waals surface area contributed by atoms with Gasteiger partial charge in [-0.1, -0.05) is 6.92 Å². The second-order valence-corrected chi connectivity index (χ2v) is 2.62. The van der Waals surface area contributed by atoms with Gasteiger partial charge in [0.25, 0.3) is 0 Å². The Morgan fingerprint density at radius 3 is 2.78 bits per heavy atom. The van der Waals surface area contributed by atoms with E-state index in [4.69, 9.17) is 9.47 Å². The van der Waals surface area contributed by atoms with Gasteiger partial charge in [0, 0.05) is 13.7 Å². The van der Waals surface area contributed by atoms with Crippen LogP contribution in [0.5, 0.6) is 0 Å². The molecule has 0 N–H and O–H groups in total. The normalized spacial score (nSPS) is 36.7. The fourth-order valence-corrected chi connectivity index (χ4v) is 1.12. The zero-order valence-corrected chi connectivity index (χ0v) is 6.09. The minimum Gasteiger partial charge on any atom is -0.379 e. The highest BCUT2D eigenvalue weighted by Gasteiger charge is 2.20. The highest BCUT2D eigenvalue weighted by atomic mass is 16.5.